The quantitative estimate of drug-likeness (QED) is 0.886. The van der Waals surface area contributed by atoms with Crippen molar-refractivity contribution in [1.82, 2.24) is 10.3 Å². The average molecular weight is 287 g/mol. The van der Waals surface area contributed by atoms with Crippen molar-refractivity contribution in [3.05, 3.63) is 47.2 Å². The second-order valence-electron chi connectivity index (χ2n) is 5.02. The molecule has 0 bridgehead atoms. The second kappa shape index (κ2) is 6.43. The first kappa shape index (κ1) is 15.1. The molecule has 0 saturated carbocycles. The number of aryl methyl sites for hydroxylation is 2. The highest BCUT2D eigenvalue weighted by Gasteiger charge is 2.17. The largest absolute Gasteiger partial charge is 0.466 e. The van der Waals surface area contributed by atoms with Gasteiger partial charge in [0.05, 0.1) is 23.5 Å². The van der Waals surface area contributed by atoms with E-state index in [9.17, 15) is 4.79 Å². The smallest absolute Gasteiger partial charge is 0.253 e. The molecule has 2 aromatic rings. The Morgan fingerprint density at radius 1 is 1.43 bits per heavy atom. The maximum Gasteiger partial charge on any atom is 0.253 e. The first-order valence-corrected chi connectivity index (χ1v) is 7.08. The summed E-state index contributed by atoms with van der Waals surface area (Å²) in [6, 6.07) is 3.56. The molecule has 2 aromatic heterocycles. The summed E-state index contributed by atoms with van der Waals surface area (Å²) in [6.07, 6.45) is 3.28. The minimum atomic E-state index is -0.126. The summed E-state index contributed by atoms with van der Waals surface area (Å²) >= 11 is 0. The summed E-state index contributed by atoms with van der Waals surface area (Å²) in [5.41, 5.74) is 2.33. The van der Waals surface area contributed by atoms with Gasteiger partial charge in [0.25, 0.3) is 5.91 Å². The number of amides is 1. The fourth-order valence-electron chi connectivity index (χ4n) is 2.36. The van der Waals surface area contributed by atoms with Crippen LogP contribution in [0.25, 0.3) is 0 Å². The molecule has 0 aliphatic rings. The maximum absolute atomic E-state index is 12.4. The first-order chi connectivity index (χ1) is 10.0. The topological polar surface area (TPSA) is 67.2 Å². The SMILES string of the molecule is CCNc1cnccc1C(=O)NC(C)c1cc(C)oc1C. The van der Waals surface area contributed by atoms with Crippen LogP contribution >= 0.6 is 0 Å². The van der Waals surface area contributed by atoms with Crippen molar-refractivity contribution in [3.8, 4) is 0 Å². The summed E-state index contributed by atoms with van der Waals surface area (Å²) in [7, 11) is 0. The van der Waals surface area contributed by atoms with Gasteiger partial charge < -0.3 is 15.1 Å². The standard InChI is InChI=1S/C16H21N3O2/c1-5-18-15-9-17-7-6-13(15)16(20)19-11(3)14-8-10(2)21-12(14)4/h6-9,11,18H,5H2,1-4H3,(H,19,20). The van der Waals surface area contributed by atoms with Gasteiger partial charge in [-0.2, -0.15) is 0 Å². The van der Waals surface area contributed by atoms with E-state index in [1.807, 2.05) is 33.8 Å². The minimum Gasteiger partial charge on any atom is -0.466 e. The average Bonchev–Trinajstić information content (AvgIpc) is 2.78. The number of pyridine rings is 1. The normalized spacial score (nSPS) is 12.0. The highest BCUT2D eigenvalue weighted by atomic mass is 16.3. The van der Waals surface area contributed by atoms with Gasteiger partial charge in [-0.05, 0) is 39.8 Å². The Labute approximate surface area is 124 Å². The molecule has 2 heterocycles. The number of anilines is 1. The maximum atomic E-state index is 12.4. The van der Waals surface area contributed by atoms with Crippen LogP contribution in [0.15, 0.2) is 28.9 Å². The van der Waals surface area contributed by atoms with Gasteiger partial charge in [0.2, 0.25) is 0 Å². The van der Waals surface area contributed by atoms with Crippen molar-refractivity contribution in [1.29, 1.82) is 0 Å². The third kappa shape index (κ3) is 3.42. The van der Waals surface area contributed by atoms with Gasteiger partial charge in [0.15, 0.2) is 0 Å². The summed E-state index contributed by atoms with van der Waals surface area (Å²) in [4.78, 5) is 16.5. The number of nitrogens with one attached hydrogen (secondary N) is 2. The molecular weight excluding hydrogens is 266 g/mol. The van der Waals surface area contributed by atoms with E-state index in [4.69, 9.17) is 4.42 Å². The van der Waals surface area contributed by atoms with Crippen LogP contribution < -0.4 is 10.6 Å². The Kier molecular flexibility index (Phi) is 4.62. The number of rotatable bonds is 5. The molecule has 1 atom stereocenters. The van der Waals surface area contributed by atoms with Gasteiger partial charge in [-0.3, -0.25) is 9.78 Å². The molecule has 0 radical (unpaired) electrons. The second-order valence-corrected chi connectivity index (χ2v) is 5.02. The van der Waals surface area contributed by atoms with E-state index >= 15 is 0 Å². The fraction of sp³-hybridized carbons (Fsp3) is 0.375. The molecule has 2 N–H and O–H groups in total. The van der Waals surface area contributed by atoms with Crippen LogP contribution in [0.5, 0.6) is 0 Å². The summed E-state index contributed by atoms with van der Waals surface area (Å²) < 4.78 is 5.51. The van der Waals surface area contributed by atoms with Gasteiger partial charge in [-0.25, -0.2) is 0 Å². The van der Waals surface area contributed by atoms with Gasteiger partial charge in [-0.15, -0.1) is 0 Å². The van der Waals surface area contributed by atoms with E-state index in [0.717, 1.165) is 29.3 Å². The van der Waals surface area contributed by atoms with E-state index in [1.165, 1.54) is 0 Å². The van der Waals surface area contributed by atoms with Crippen molar-refractivity contribution in [3.63, 3.8) is 0 Å². The lowest BCUT2D eigenvalue weighted by Crippen LogP contribution is -2.27. The number of carbonyl (C=O) groups excluding carboxylic acids is 1. The van der Waals surface area contributed by atoms with Crippen molar-refractivity contribution < 1.29 is 9.21 Å². The number of hydrogen-bond donors (Lipinski definition) is 2. The number of nitrogens with zero attached hydrogens (tertiary/aromatic N) is 1. The molecule has 2 rings (SSSR count). The molecule has 0 aliphatic heterocycles. The van der Waals surface area contributed by atoms with Crippen molar-refractivity contribution in [2.75, 3.05) is 11.9 Å². The molecule has 1 amide bonds. The van der Waals surface area contributed by atoms with Crippen molar-refractivity contribution in [2.24, 2.45) is 0 Å². The Bertz CT molecular complexity index is 634. The number of furan rings is 1. The third-order valence-corrected chi connectivity index (χ3v) is 3.33. The molecule has 5 nitrogen and oxygen atoms in total. The summed E-state index contributed by atoms with van der Waals surface area (Å²) in [6.45, 7) is 8.47. The zero-order chi connectivity index (χ0) is 15.4. The molecule has 0 saturated heterocycles. The van der Waals surface area contributed by atoms with E-state index in [-0.39, 0.29) is 11.9 Å². The Hall–Kier alpha value is -2.30. The van der Waals surface area contributed by atoms with E-state index < -0.39 is 0 Å². The monoisotopic (exact) mass is 287 g/mol. The lowest BCUT2D eigenvalue weighted by Gasteiger charge is -2.15. The molecule has 112 valence electrons. The van der Waals surface area contributed by atoms with Crippen LogP contribution in [0.2, 0.25) is 0 Å². The predicted molar refractivity (Wildman–Crippen MR) is 82.5 cm³/mol. The Morgan fingerprint density at radius 3 is 2.81 bits per heavy atom. The van der Waals surface area contributed by atoms with Crippen LogP contribution in [-0.4, -0.2) is 17.4 Å². The lowest BCUT2D eigenvalue weighted by molar-refractivity contribution is 0.0940. The molecule has 0 fully saturated rings. The van der Waals surface area contributed by atoms with Gasteiger partial charge in [0.1, 0.15) is 11.5 Å². The highest BCUT2D eigenvalue weighted by Crippen LogP contribution is 2.22. The zero-order valence-electron chi connectivity index (χ0n) is 12.9. The van der Waals surface area contributed by atoms with Crippen molar-refractivity contribution in [2.45, 2.75) is 33.7 Å². The van der Waals surface area contributed by atoms with Gasteiger partial charge in [0, 0.05) is 18.3 Å². The number of aromatic nitrogens is 1. The summed E-state index contributed by atoms with van der Waals surface area (Å²) in [5, 5.41) is 6.14. The lowest BCUT2D eigenvalue weighted by atomic mass is 10.1. The number of carbonyl (C=O) groups is 1. The Morgan fingerprint density at radius 2 is 2.19 bits per heavy atom. The van der Waals surface area contributed by atoms with Crippen LogP contribution in [0.4, 0.5) is 5.69 Å². The molecule has 5 heteroatoms. The zero-order valence-corrected chi connectivity index (χ0v) is 12.9. The molecule has 0 spiro atoms. The van der Waals surface area contributed by atoms with Crippen LogP contribution in [0.1, 0.15) is 47.3 Å². The molecular formula is C16H21N3O2. The minimum absolute atomic E-state index is 0.113. The molecule has 1 unspecified atom stereocenters. The molecule has 0 aromatic carbocycles. The van der Waals surface area contributed by atoms with Crippen LogP contribution in [0.3, 0.4) is 0 Å². The van der Waals surface area contributed by atoms with E-state index in [2.05, 4.69) is 15.6 Å². The Balaban J connectivity index is 2.16. The van der Waals surface area contributed by atoms with Gasteiger partial charge in [-0.1, -0.05) is 0 Å². The van der Waals surface area contributed by atoms with E-state index in [1.54, 1.807) is 18.5 Å². The predicted octanol–water partition coefficient (Wildman–Crippen LogP) is 3.21. The number of hydrogen-bond acceptors (Lipinski definition) is 4. The molecule has 21 heavy (non-hydrogen) atoms. The first-order valence-electron chi connectivity index (χ1n) is 7.08. The molecule has 0 aliphatic carbocycles. The third-order valence-electron chi connectivity index (χ3n) is 3.33. The summed E-state index contributed by atoms with van der Waals surface area (Å²) in [5.74, 6) is 1.56. The van der Waals surface area contributed by atoms with E-state index in [0.29, 0.717) is 5.56 Å². The van der Waals surface area contributed by atoms with Gasteiger partial charge >= 0.3 is 0 Å². The van der Waals surface area contributed by atoms with Crippen molar-refractivity contribution >= 4 is 11.6 Å². The fourth-order valence-corrected chi connectivity index (χ4v) is 2.36. The van der Waals surface area contributed by atoms with Crippen LogP contribution in [0, 0.1) is 13.8 Å². The van der Waals surface area contributed by atoms with Crippen LogP contribution in [-0.2, 0) is 0 Å². The highest BCUT2D eigenvalue weighted by molar-refractivity contribution is 5.99.